The fraction of sp³-hybridized carbons (Fsp3) is 0.385. The van der Waals surface area contributed by atoms with Crippen molar-refractivity contribution in [3.05, 3.63) is 34.6 Å². The predicted molar refractivity (Wildman–Crippen MR) is 81.4 cm³/mol. The Morgan fingerprint density at radius 2 is 2.26 bits per heavy atom. The molecule has 0 aliphatic rings. The fourth-order valence-corrected chi connectivity index (χ4v) is 3.38. The number of nitrogens with zero attached hydrogens (tertiary/aromatic N) is 3. The van der Waals surface area contributed by atoms with Crippen LogP contribution in [0.2, 0.25) is 0 Å². The van der Waals surface area contributed by atoms with Gasteiger partial charge in [0, 0.05) is 22.5 Å². The fourth-order valence-electron chi connectivity index (χ4n) is 1.85. The predicted octanol–water partition coefficient (Wildman–Crippen LogP) is 3.40. The lowest BCUT2D eigenvalue weighted by Crippen LogP contribution is -2.18. The second-order valence-electron chi connectivity index (χ2n) is 4.23. The molecule has 0 radical (unpaired) electrons. The molecule has 2 aromatic rings. The van der Waals surface area contributed by atoms with E-state index in [4.69, 9.17) is 0 Å². The molecular weight excluding hydrogens is 324 g/mol. The van der Waals surface area contributed by atoms with Crippen molar-refractivity contribution in [2.24, 2.45) is 7.05 Å². The molecule has 4 nitrogen and oxygen atoms in total. The van der Waals surface area contributed by atoms with E-state index in [0.29, 0.717) is 6.04 Å². The summed E-state index contributed by atoms with van der Waals surface area (Å²) in [7, 11) is 1.90. The van der Waals surface area contributed by atoms with Crippen LogP contribution in [0.1, 0.15) is 25.5 Å². The summed E-state index contributed by atoms with van der Waals surface area (Å²) in [5, 5.41) is 8.44. The molecule has 1 aromatic carbocycles. The largest absolute Gasteiger partial charge is 0.310 e. The summed E-state index contributed by atoms with van der Waals surface area (Å²) in [6.07, 6.45) is 1.58. The normalized spacial score (nSPS) is 12.6. The van der Waals surface area contributed by atoms with Crippen LogP contribution < -0.4 is 5.32 Å². The maximum absolute atomic E-state index is 4.27. The Labute approximate surface area is 126 Å². The van der Waals surface area contributed by atoms with Crippen LogP contribution in [0.25, 0.3) is 0 Å². The SMILES string of the molecule is CCNC(C)c1ccc(Br)cc1Sc1ncnn1C. The number of aryl methyl sites for hydroxylation is 1. The minimum absolute atomic E-state index is 0.314. The van der Waals surface area contributed by atoms with E-state index in [9.17, 15) is 0 Å². The molecule has 6 heteroatoms. The van der Waals surface area contributed by atoms with Gasteiger partial charge in [0.05, 0.1) is 0 Å². The third kappa shape index (κ3) is 3.58. The highest BCUT2D eigenvalue weighted by Gasteiger charge is 2.13. The van der Waals surface area contributed by atoms with E-state index in [2.05, 4.69) is 63.4 Å². The number of hydrogen-bond acceptors (Lipinski definition) is 4. The van der Waals surface area contributed by atoms with E-state index in [1.165, 1.54) is 10.5 Å². The van der Waals surface area contributed by atoms with Gasteiger partial charge in [-0.25, -0.2) is 9.67 Å². The maximum Gasteiger partial charge on any atom is 0.190 e. The molecule has 1 atom stereocenters. The average molecular weight is 341 g/mol. The minimum Gasteiger partial charge on any atom is -0.310 e. The van der Waals surface area contributed by atoms with Crippen molar-refractivity contribution in [3.63, 3.8) is 0 Å². The molecule has 19 heavy (non-hydrogen) atoms. The van der Waals surface area contributed by atoms with Gasteiger partial charge in [-0.15, -0.1) is 0 Å². The highest BCUT2D eigenvalue weighted by atomic mass is 79.9. The first-order valence-corrected chi connectivity index (χ1v) is 7.77. The second kappa shape index (κ2) is 6.54. The summed E-state index contributed by atoms with van der Waals surface area (Å²) in [5.74, 6) is 0. The van der Waals surface area contributed by atoms with Crippen molar-refractivity contribution in [2.45, 2.75) is 29.9 Å². The third-order valence-electron chi connectivity index (χ3n) is 2.82. The van der Waals surface area contributed by atoms with E-state index in [-0.39, 0.29) is 0 Å². The van der Waals surface area contributed by atoms with Crippen LogP contribution in [0, 0.1) is 0 Å². The molecule has 0 fully saturated rings. The van der Waals surface area contributed by atoms with Gasteiger partial charge in [0.25, 0.3) is 0 Å². The lowest BCUT2D eigenvalue weighted by atomic mass is 10.1. The minimum atomic E-state index is 0.314. The van der Waals surface area contributed by atoms with Gasteiger partial charge in [-0.2, -0.15) is 5.10 Å². The standard InChI is InChI=1S/C13H17BrN4S/c1-4-15-9(2)11-6-5-10(14)7-12(11)19-13-16-8-17-18(13)3/h5-9,15H,4H2,1-3H3. The number of rotatable bonds is 5. The van der Waals surface area contributed by atoms with Crippen molar-refractivity contribution < 1.29 is 0 Å². The van der Waals surface area contributed by atoms with Gasteiger partial charge in [0.1, 0.15) is 6.33 Å². The molecule has 0 saturated carbocycles. The number of benzene rings is 1. The zero-order chi connectivity index (χ0) is 13.8. The molecule has 2 rings (SSSR count). The molecule has 0 amide bonds. The Morgan fingerprint density at radius 3 is 2.89 bits per heavy atom. The number of nitrogens with one attached hydrogen (secondary N) is 1. The molecule has 1 N–H and O–H groups in total. The molecule has 102 valence electrons. The molecule has 0 saturated heterocycles. The molecule has 0 bridgehead atoms. The van der Waals surface area contributed by atoms with Gasteiger partial charge < -0.3 is 5.32 Å². The van der Waals surface area contributed by atoms with E-state index in [1.54, 1.807) is 22.8 Å². The summed E-state index contributed by atoms with van der Waals surface area (Å²) in [6.45, 7) is 5.24. The third-order valence-corrected chi connectivity index (χ3v) is 4.44. The summed E-state index contributed by atoms with van der Waals surface area (Å²) in [5.41, 5.74) is 1.28. The van der Waals surface area contributed by atoms with Crippen molar-refractivity contribution in [1.82, 2.24) is 20.1 Å². The Kier molecular flexibility index (Phi) is 5.01. The van der Waals surface area contributed by atoms with Gasteiger partial charge in [-0.05, 0) is 42.9 Å². The Balaban J connectivity index is 2.32. The Bertz CT molecular complexity index is 555. The van der Waals surface area contributed by atoms with Gasteiger partial charge in [0.15, 0.2) is 5.16 Å². The van der Waals surface area contributed by atoms with Crippen LogP contribution in [0.5, 0.6) is 0 Å². The van der Waals surface area contributed by atoms with Crippen LogP contribution in [0.15, 0.2) is 39.1 Å². The number of hydrogen-bond donors (Lipinski definition) is 1. The smallest absolute Gasteiger partial charge is 0.190 e. The first-order valence-electron chi connectivity index (χ1n) is 6.16. The van der Waals surface area contributed by atoms with Crippen molar-refractivity contribution in [2.75, 3.05) is 6.54 Å². The van der Waals surface area contributed by atoms with Crippen molar-refractivity contribution >= 4 is 27.7 Å². The van der Waals surface area contributed by atoms with E-state index < -0.39 is 0 Å². The van der Waals surface area contributed by atoms with Gasteiger partial charge in [0.2, 0.25) is 0 Å². The van der Waals surface area contributed by atoms with Crippen molar-refractivity contribution in [3.8, 4) is 0 Å². The second-order valence-corrected chi connectivity index (χ2v) is 6.15. The highest BCUT2D eigenvalue weighted by Crippen LogP contribution is 2.34. The highest BCUT2D eigenvalue weighted by molar-refractivity contribution is 9.10. The molecule has 0 aliphatic heterocycles. The van der Waals surface area contributed by atoms with Crippen LogP contribution >= 0.6 is 27.7 Å². The van der Waals surface area contributed by atoms with E-state index >= 15 is 0 Å². The summed E-state index contributed by atoms with van der Waals surface area (Å²) >= 11 is 5.17. The molecule has 1 heterocycles. The molecule has 1 unspecified atom stereocenters. The summed E-state index contributed by atoms with van der Waals surface area (Å²) in [4.78, 5) is 5.46. The lowest BCUT2D eigenvalue weighted by molar-refractivity contribution is 0.589. The van der Waals surface area contributed by atoms with Crippen LogP contribution in [0.4, 0.5) is 0 Å². The monoisotopic (exact) mass is 340 g/mol. The van der Waals surface area contributed by atoms with Crippen LogP contribution in [0.3, 0.4) is 0 Å². The molecule has 1 aromatic heterocycles. The zero-order valence-corrected chi connectivity index (χ0v) is 13.6. The van der Waals surface area contributed by atoms with E-state index in [0.717, 1.165) is 16.2 Å². The lowest BCUT2D eigenvalue weighted by Gasteiger charge is -2.17. The summed E-state index contributed by atoms with van der Waals surface area (Å²) in [6, 6.07) is 6.66. The zero-order valence-electron chi connectivity index (χ0n) is 11.2. The number of halogens is 1. The van der Waals surface area contributed by atoms with Crippen molar-refractivity contribution in [1.29, 1.82) is 0 Å². The quantitative estimate of drug-likeness (QED) is 0.905. The van der Waals surface area contributed by atoms with Crippen LogP contribution in [-0.4, -0.2) is 21.3 Å². The Morgan fingerprint density at radius 1 is 1.47 bits per heavy atom. The average Bonchev–Trinajstić information content (AvgIpc) is 2.75. The van der Waals surface area contributed by atoms with Gasteiger partial charge >= 0.3 is 0 Å². The first-order chi connectivity index (χ1) is 9.11. The van der Waals surface area contributed by atoms with Crippen LogP contribution in [-0.2, 0) is 7.05 Å². The molecular formula is C13H17BrN4S. The number of aromatic nitrogens is 3. The Hall–Kier alpha value is -0.850. The van der Waals surface area contributed by atoms with Gasteiger partial charge in [-0.1, -0.05) is 28.9 Å². The maximum atomic E-state index is 4.27. The van der Waals surface area contributed by atoms with Gasteiger partial charge in [-0.3, -0.25) is 0 Å². The van der Waals surface area contributed by atoms with E-state index in [1.807, 2.05) is 7.05 Å². The first kappa shape index (κ1) is 14.6. The summed E-state index contributed by atoms with van der Waals surface area (Å²) < 4.78 is 2.86. The molecule has 0 spiro atoms. The molecule has 0 aliphatic carbocycles. The topological polar surface area (TPSA) is 42.7 Å².